The van der Waals surface area contributed by atoms with Crippen LogP contribution in [0, 0.1) is 0 Å². The van der Waals surface area contributed by atoms with Gasteiger partial charge in [0.05, 0.1) is 0 Å². The SMILES string of the molecule is CCCCCCCCCCNc1cccc(CCCCCCCCCC(F)(F)F)c1. The van der Waals surface area contributed by atoms with E-state index < -0.39 is 12.6 Å². The Bertz CT molecular complexity index is 513. The van der Waals surface area contributed by atoms with Crippen LogP contribution in [0.1, 0.15) is 115 Å². The van der Waals surface area contributed by atoms with Gasteiger partial charge in [0.15, 0.2) is 0 Å². The van der Waals surface area contributed by atoms with Crippen molar-refractivity contribution in [1.82, 2.24) is 0 Å². The number of benzene rings is 1. The van der Waals surface area contributed by atoms with E-state index in [1.165, 1.54) is 62.6 Å². The number of halogens is 3. The third kappa shape index (κ3) is 16.6. The molecule has 0 bridgehead atoms. The first kappa shape index (κ1) is 26.8. The number of hydrogen-bond acceptors (Lipinski definition) is 1. The van der Waals surface area contributed by atoms with Crippen molar-refractivity contribution in [2.45, 2.75) is 122 Å². The van der Waals surface area contributed by atoms with Crippen LogP contribution < -0.4 is 5.32 Å². The van der Waals surface area contributed by atoms with E-state index >= 15 is 0 Å². The van der Waals surface area contributed by atoms with Gasteiger partial charge in [-0.05, 0) is 43.4 Å². The van der Waals surface area contributed by atoms with Crippen LogP contribution in [0.25, 0.3) is 0 Å². The number of alkyl halides is 3. The Hall–Kier alpha value is -1.19. The molecule has 174 valence electrons. The molecule has 0 aliphatic heterocycles. The molecule has 0 unspecified atom stereocenters. The standard InChI is InChI=1S/C26H44F3N/c1-2-3-4-5-6-10-13-16-22-30-25-20-17-19-24(23-25)18-14-11-8-7-9-12-15-21-26(27,28)29/h17,19-20,23,30H,2-16,18,21-22H2,1H3. The lowest BCUT2D eigenvalue weighted by molar-refractivity contribution is -0.135. The highest BCUT2D eigenvalue weighted by atomic mass is 19.4. The molecular formula is C26H44F3N. The van der Waals surface area contributed by atoms with Gasteiger partial charge in [-0.25, -0.2) is 0 Å². The molecule has 1 rings (SSSR count). The van der Waals surface area contributed by atoms with E-state index in [2.05, 4.69) is 36.5 Å². The molecule has 1 aromatic carbocycles. The van der Waals surface area contributed by atoms with Gasteiger partial charge in [0.25, 0.3) is 0 Å². The predicted molar refractivity (Wildman–Crippen MR) is 124 cm³/mol. The second-order valence-electron chi connectivity index (χ2n) is 8.69. The number of rotatable bonds is 19. The van der Waals surface area contributed by atoms with Crippen molar-refractivity contribution in [2.75, 3.05) is 11.9 Å². The summed E-state index contributed by atoms with van der Waals surface area (Å²) in [5, 5.41) is 3.56. The second kappa shape index (κ2) is 17.5. The summed E-state index contributed by atoms with van der Waals surface area (Å²) in [6, 6.07) is 8.74. The third-order valence-corrected chi connectivity index (χ3v) is 5.71. The molecule has 1 nitrogen and oxygen atoms in total. The molecular weight excluding hydrogens is 383 g/mol. The van der Waals surface area contributed by atoms with Crippen molar-refractivity contribution in [1.29, 1.82) is 0 Å². The van der Waals surface area contributed by atoms with Crippen LogP contribution in [0.5, 0.6) is 0 Å². The van der Waals surface area contributed by atoms with E-state index in [4.69, 9.17) is 0 Å². The van der Waals surface area contributed by atoms with Crippen molar-refractivity contribution in [2.24, 2.45) is 0 Å². The molecule has 0 saturated heterocycles. The van der Waals surface area contributed by atoms with Crippen LogP contribution in [-0.2, 0) is 6.42 Å². The first-order valence-electron chi connectivity index (χ1n) is 12.4. The highest BCUT2D eigenvalue weighted by Crippen LogP contribution is 2.23. The van der Waals surface area contributed by atoms with E-state index in [9.17, 15) is 13.2 Å². The van der Waals surface area contributed by atoms with E-state index in [1.807, 2.05) is 0 Å². The Labute approximate surface area is 183 Å². The smallest absolute Gasteiger partial charge is 0.385 e. The van der Waals surface area contributed by atoms with Gasteiger partial charge in [0.1, 0.15) is 0 Å². The molecule has 0 aliphatic rings. The summed E-state index contributed by atoms with van der Waals surface area (Å²) in [5.74, 6) is 0. The zero-order chi connectivity index (χ0) is 21.9. The van der Waals surface area contributed by atoms with Crippen molar-refractivity contribution >= 4 is 5.69 Å². The molecule has 0 atom stereocenters. The fourth-order valence-corrected chi connectivity index (χ4v) is 3.87. The Kier molecular flexibility index (Phi) is 15.6. The fourth-order valence-electron chi connectivity index (χ4n) is 3.87. The largest absolute Gasteiger partial charge is 0.389 e. The van der Waals surface area contributed by atoms with Crippen LogP contribution in [-0.4, -0.2) is 12.7 Å². The van der Waals surface area contributed by atoms with Gasteiger partial charge in [0, 0.05) is 18.7 Å². The molecule has 0 saturated carbocycles. The summed E-state index contributed by atoms with van der Waals surface area (Å²) in [4.78, 5) is 0. The molecule has 0 fully saturated rings. The van der Waals surface area contributed by atoms with Gasteiger partial charge < -0.3 is 5.32 Å². The molecule has 30 heavy (non-hydrogen) atoms. The number of aryl methyl sites for hydroxylation is 1. The highest BCUT2D eigenvalue weighted by Gasteiger charge is 2.25. The van der Waals surface area contributed by atoms with Crippen molar-refractivity contribution < 1.29 is 13.2 Å². The Balaban J connectivity index is 2.00. The van der Waals surface area contributed by atoms with E-state index in [0.29, 0.717) is 6.42 Å². The average molecular weight is 428 g/mol. The summed E-state index contributed by atoms with van der Waals surface area (Å²) < 4.78 is 36.2. The first-order chi connectivity index (χ1) is 14.5. The lowest BCUT2D eigenvalue weighted by Crippen LogP contribution is -2.06. The van der Waals surface area contributed by atoms with Crippen LogP contribution in [0.3, 0.4) is 0 Å². The van der Waals surface area contributed by atoms with Gasteiger partial charge in [-0.1, -0.05) is 96.1 Å². The minimum absolute atomic E-state index is 0.280. The van der Waals surface area contributed by atoms with Crippen molar-refractivity contribution in [3.05, 3.63) is 29.8 Å². The molecule has 0 spiro atoms. The van der Waals surface area contributed by atoms with Gasteiger partial charge in [0.2, 0.25) is 0 Å². The van der Waals surface area contributed by atoms with Crippen molar-refractivity contribution in [3.8, 4) is 0 Å². The number of unbranched alkanes of at least 4 members (excludes halogenated alkanes) is 13. The Morgan fingerprint density at radius 1 is 0.700 bits per heavy atom. The van der Waals surface area contributed by atoms with Gasteiger partial charge in [-0.3, -0.25) is 0 Å². The van der Waals surface area contributed by atoms with Gasteiger partial charge in [-0.2, -0.15) is 13.2 Å². The maximum atomic E-state index is 12.1. The molecule has 4 heteroatoms. The minimum atomic E-state index is -3.99. The summed E-state index contributed by atoms with van der Waals surface area (Å²) in [6.07, 6.45) is 13.6. The first-order valence-corrected chi connectivity index (χ1v) is 12.4. The molecule has 0 aliphatic carbocycles. The van der Waals surface area contributed by atoms with E-state index in [1.54, 1.807) is 0 Å². The molecule has 1 aromatic rings. The highest BCUT2D eigenvalue weighted by molar-refractivity contribution is 5.45. The van der Waals surface area contributed by atoms with Crippen LogP contribution >= 0.6 is 0 Å². The number of nitrogens with one attached hydrogen (secondary N) is 1. The van der Waals surface area contributed by atoms with Gasteiger partial charge in [-0.15, -0.1) is 0 Å². The predicted octanol–water partition coefficient (Wildman–Crippen LogP) is 9.46. The summed E-state index contributed by atoms with van der Waals surface area (Å²) >= 11 is 0. The van der Waals surface area contributed by atoms with E-state index in [-0.39, 0.29) is 6.42 Å². The minimum Gasteiger partial charge on any atom is -0.385 e. The molecule has 0 amide bonds. The Morgan fingerprint density at radius 2 is 1.27 bits per heavy atom. The quantitative estimate of drug-likeness (QED) is 0.217. The molecule has 0 heterocycles. The van der Waals surface area contributed by atoms with Crippen LogP contribution in [0.15, 0.2) is 24.3 Å². The van der Waals surface area contributed by atoms with Gasteiger partial charge >= 0.3 is 6.18 Å². The zero-order valence-electron chi connectivity index (χ0n) is 19.2. The maximum Gasteiger partial charge on any atom is 0.389 e. The Morgan fingerprint density at radius 3 is 1.90 bits per heavy atom. The molecule has 0 radical (unpaired) electrons. The van der Waals surface area contributed by atoms with Crippen LogP contribution in [0.2, 0.25) is 0 Å². The number of anilines is 1. The number of hydrogen-bond donors (Lipinski definition) is 1. The van der Waals surface area contributed by atoms with E-state index in [0.717, 1.165) is 45.1 Å². The fraction of sp³-hybridized carbons (Fsp3) is 0.769. The lowest BCUT2D eigenvalue weighted by Gasteiger charge is -2.09. The summed E-state index contributed by atoms with van der Waals surface area (Å²) in [7, 11) is 0. The average Bonchev–Trinajstić information content (AvgIpc) is 2.71. The topological polar surface area (TPSA) is 12.0 Å². The summed E-state index contributed by atoms with van der Waals surface area (Å²) in [5.41, 5.74) is 2.60. The summed E-state index contributed by atoms with van der Waals surface area (Å²) in [6.45, 7) is 3.31. The normalized spacial score (nSPS) is 11.7. The second-order valence-corrected chi connectivity index (χ2v) is 8.69. The van der Waals surface area contributed by atoms with Crippen molar-refractivity contribution in [3.63, 3.8) is 0 Å². The lowest BCUT2D eigenvalue weighted by atomic mass is 10.0. The third-order valence-electron chi connectivity index (χ3n) is 5.71. The zero-order valence-corrected chi connectivity index (χ0v) is 19.2. The maximum absolute atomic E-state index is 12.1. The van der Waals surface area contributed by atoms with Crippen LogP contribution in [0.4, 0.5) is 18.9 Å². The molecule has 0 aromatic heterocycles. The monoisotopic (exact) mass is 427 g/mol. The molecule has 1 N–H and O–H groups in total.